The van der Waals surface area contributed by atoms with Gasteiger partial charge in [-0.25, -0.2) is 4.98 Å². The van der Waals surface area contributed by atoms with Gasteiger partial charge < -0.3 is 4.90 Å². The van der Waals surface area contributed by atoms with E-state index in [1.807, 2.05) is 41.6 Å². The Morgan fingerprint density at radius 2 is 1.79 bits per heavy atom. The van der Waals surface area contributed by atoms with E-state index in [9.17, 15) is 4.79 Å². The lowest BCUT2D eigenvalue weighted by Gasteiger charge is -2.21. The van der Waals surface area contributed by atoms with Gasteiger partial charge in [-0.3, -0.25) is 9.20 Å². The average molecular weight is 404 g/mol. The molecule has 0 radical (unpaired) electrons. The molecule has 4 rings (SSSR count). The van der Waals surface area contributed by atoms with Crippen molar-refractivity contribution < 1.29 is 4.79 Å². The number of aryl methyl sites for hydroxylation is 1. The van der Waals surface area contributed by atoms with Gasteiger partial charge in [0.05, 0.1) is 12.1 Å². The lowest BCUT2D eigenvalue weighted by molar-refractivity contribution is -0.130. The molecule has 2 aromatic carbocycles. The fraction of sp³-hybridized carbons (Fsp3) is 0.250. The topological polar surface area (TPSA) is 37.6 Å². The summed E-state index contributed by atoms with van der Waals surface area (Å²) < 4.78 is 2.06. The summed E-state index contributed by atoms with van der Waals surface area (Å²) in [5.74, 6) is 0.138. The highest BCUT2D eigenvalue weighted by Gasteiger charge is 2.17. The number of carbonyl (C=O) groups excluding carboxylic acids is 1. The summed E-state index contributed by atoms with van der Waals surface area (Å²) >= 11 is 1.58. The van der Waals surface area contributed by atoms with E-state index in [4.69, 9.17) is 4.98 Å². The van der Waals surface area contributed by atoms with E-state index in [0.717, 1.165) is 33.9 Å². The van der Waals surface area contributed by atoms with Crippen LogP contribution >= 0.6 is 11.3 Å². The lowest BCUT2D eigenvalue weighted by Crippen LogP contribution is -2.31. The summed E-state index contributed by atoms with van der Waals surface area (Å²) in [6.07, 6.45) is 3.45. The molecule has 0 aliphatic heterocycles. The van der Waals surface area contributed by atoms with Gasteiger partial charge in [0.25, 0.3) is 0 Å². The van der Waals surface area contributed by atoms with Crippen molar-refractivity contribution >= 4 is 22.2 Å². The summed E-state index contributed by atoms with van der Waals surface area (Å²) in [6.45, 7) is 5.52. The smallest absolute Gasteiger partial charge is 0.228 e. The third-order valence-corrected chi connectivity index (χ3v) is 6.11. The molecule has 0 spiro atoms. The van der Waals surface area contributed by atoms with E-state index in [2.05, 4.69) is 47.7 Å². The van der Waals surface area contributed by atoms with E-state index >= 15 is 0 Å². The zero-order valence-electron chi connectivity index (χ0n) is 16.8. The minimum Gasteiger partial charge on any atom is -0.338 e. The molecule has 1 amide bonds. The van der Waals surface area contributed by atoms with Crippen molar-refractivity contribution in [3.05, 3.63) is 83.0 Å². The number of nitrogens with zero attached hydrogens (tertiary/aromatic N) is 3. The second-order valence-electron chi connectivity index (χ2n) is 7.13. The highest BCUT2D eigenvalue weighted by atomic mass is 32.1. The average Bonchev–Trinajstić information content (AvgIpc) is 3.34. The zero-order chi connectivity index (χ0) is 20.2. The van der Waals surface area contributed by atoms with Crippen LogP contribution in [0.4, 0.5) is 0 Å². The second-order valence-corrected chi connectivity index (χ2v) is 7.96. The van der Waals surface area contributed by atoms with Crippen LogP contribution < -0.4 is 0 Å². The third kappa shape index (κ3) is 4.25. The summed E-state index contributed by atoms with van der Waals surface area (Å²) in [5, 5.41) is 2.04. The fourth-order valence-corrected chi connectivity index (χ4v) is 4.33. The SMILES string of the molecule is CCc1ccc(-c2cn3c(CC(=O)N(CC)Cc4ccccc4)csc3n2)cc1. The zero-order valence-corrected chi connectivity index (χ0v) is 17.7. The number of hydrogen-bond donors (Lipinski definition) is 0. The number of hydrogen-bond acceptors (Lipinski definition) is 3. The number of carbonyl (C=O) groups is 1. The monoisotopic (exact) mass is 403 g/mol. The fourth-order valence-electron chi connectivity index (χ4n) is 3.45. The number of thiazole rings is 1. The van der Waals surface area contributed by atoms with Gasteiger partial charge in [-0.2, -0.15) is 0 Å². The van der Waals surface area contributed by atoms with E-state index in [1.165, 1.54) is 5.56 Å². The van der Waals surface area contributed by atoms with Gasteiger partial charge in [-0.1, -0.05) is 61.5 Å². The first-order valence-electron chi connectivity index (χ1n) is 10.0. The molecule has 29 heavy (non-hydrogen) atoms. The first kappa shape index (κ1) is 19.4. The molecule has 2 heterocycles. The highest BCUT2D eigenvalue weighted by Crippen LogP contribution is 2.24. The Morgan fingerprint density at radius 3 is 2.48 bits per heavy atom. The molecule has 4 aromatic rings. The van der Waals surface area contributed by atoms with Crippen LogP contribution in [-0.4, -0.2) is 26.7 Å². The minimum atomic E-state index is 0.138. The van der Waals surface area contributed by atoms with E-state index in [1.54, 1.807) is 11.3 Å². The number of likely N-dealkylation sites (N-methyl/N-ethyl adjacent to an activating group) is 1. The van der Waals surface area contributed by atoms with Gasteiger partial charge in [0.2, 0.25) is 5.91 Å². The summed E-state index contributed by atoms with van der Waals surface area (Å²) in [6, 6.07) is 18.7. The quantitative estimate of drug-likeness (QED) is 0.424. The maximum atomic E-state index is 12.9. The van der Waals surface area contributed by atoms with Crippen molar-refractivity contribution in [2.75, 3.05) is 6.54 Å². The second kappa shape index (κ2) is 8.62. The van der Waals surface area contributed by atoms with Crippen LogP contribution in [0.15, 0.2) is 66.2 Å². The van der Waals surface area contributed by atoms with Crippen molar-refractivity contribution in [2.24, 2.45) is 0 Å². The van der Waals surface area contributed by atoms with Crippen LogP contribution in [0.2, 0.25) is 0 Å². The molecule has 0 N–H and O–H groups in total. The number of fused-ring (bicyclic) bond motifs is 1. The Hall–Kier alpha value is -2.92. The molecule has 0 aliphatic carbocycles. The van der Waals surface area contributed by atoms with Gasteiger partial charge in [0.15, 0.2) is 4.96 Å². The molecule has 0 saturated heterocycles. The predicted molar refractivity (Wildman–Crippen MR) is 119 cm³/mol. The standard InChI is InChI=1S/C24H25N3OS/c1-3-18-10-12-20(13-11-18)22-16-27-21(17-29-24(27)25-22)14-23(28)26(4-2)15-19-8-6-5-7-9-19/h5-13,16-17H,3-4,14-15H2,1-2H3. The van der Waals surface area contributed by atoms with Gasteiger partial charge >= 0.3 is 0 Å². The molecule has 0 saturated carbocycles. The molecule has 0 fully saturated rings. The van der Waals surface area contributed by atoms with Crippen molar-refractivity contribution in [3.8, 4) is 11.3 Å². The maximum absolute atomic E-state index is 12.9. The Morgan fingerprint density at radius 1 is 1.03 bits per heavy atom. The van der Waals surface area contributed by atoms with Crippen molar-refractivity contribution in [2.45, 2.75) is 33.2 Å². The molecular weight excluding hydrogens is 378 g/mol. The Labute approximate surface area is 175 Å². The van der Waals surface area contributed by atoms with Crippen LogP contribution in [0, 0.1) is 0 Å². The van der Waals surface area contributed by atoms with Gasteiger partial charge in [0, 0.05) is 35.9 Å². The predicted octanol–water partition coefficient (Wildman–Crippen LogP) is 5.22. The normalized spacial score (nSPS) is 11.1. The molecule has 5 heteroatoms. The third-order valence-electron chi connectivity index (χ3n) is 5.22. The minimum absolute atomic E-state index is 0.138. The molecular formula is C24H25N3OS. The molecule has 2 aromatic heterocycles. The molecule has 0 bridgehead atoms. The number of benzene rings is 2. The Balaban J connectivity index is 1.52. The number of amides is 1. The van der Waals surface area contributed by atoms with E-state index in [0.29, 0.717) is 19.5 Å². The first-order chi connectivity index (χ1) is 14.2. The summed E-state index contributed by atoms with van der Waals surface area (Å²) in [5.41, 5.74) is 5.52. The molecule has 148 valence electrons. The largest absolute Gasteiger partial charge is 0.338 e. The maximum Gasteiger partial charge on any atom is 0.228 e. The van der Waals surface area contributed by atoms with Crippen molar-refractivity contribution in [1.29, 1.82) is 0 Å². The highest BCUT2D eigenvalue weighted by molar-refractivity contribution is 7.15. The first-order valence-corrected chi connectivity index (χ1v) is 10.9. The van der Waals surface area contributed by atoms with Crippen LogP contribution in [-0.2, 0) is 24.2 Å². The summed E-state index contributed by atoms with van der Waals surface area (Å²) in [4.78, 5) is 20.5. The molecule has 0 atom stereocenters. The number of rotatable bonds is 7. The van der Waals surface area contributed by atoms with Crippen molar-refractivity contribution in [1.82, 2.24) is 14.3 Å². The van der Waals surface area contributed by atoms with E-state index in [-0.39, 0.29) is 5.91 Å². The van der Waals surface area contributed by atoms with Crippen LogP contribution in [0.5, 0.6) is 0 Å². The Bertz CT molecular complexity index is 1100. The van der Waals surface area contributed by atoms with Gasteiger partial charge in [-0.05, 0) is 24.5 Å². The molecule has 4 nitrogen and oxygen atoms in total. The number of imidazole rings is 1. The van der Waals surface area contributed by atoms with E-state index < -0.39 is 0 Å². The molecule has 0 unspecified atom stereocenters. The lowest BCUT2D eigenvalue weighted by atomic mass is 10.1. The summed E-state index contributed by atoms with van der Waals surface area (Å²) in [7, 11) is 0. The van der Waals surface area contributed by atoms with Crippen LogP contribution in [0.3, 0.4) is 0 Å². The van der Waals surface area contributed by atoms with Gasteiger partial charge in [0.1, 0.15) is 0 Å². The van der Waals surface area contributed by atoms with Crippen LogP contribution in [0.1, 0.15) is 30.7 Å². The molecule has 0 aliphatic rings. The number of aromatic nitrogens is 2. The van der Waals surface area contributed by atoms with Crippen LogP contribution in [0.25, 0.3) is 16.2 Å². The van der Waals surface area contributed by atoms with Crippen molar-refractivity contribution in [3.63, 3.8) is 0 Å². The Kier molecular flexibility index (Phi) is 5.76. The van der Waals surface area contributed by atoms with Gasteiger partial charge in [-0.15, -0.1) is 11.3 Å².